The van der Waals surface area contributed by atoms with Gasteiger partial charge >= 0.3 is 6.03 Å². The summed E-state index contributed by atoms with van der Waals surface area (Å²) in [7, 11) is -3.74. The molecule has 0 spiro atoms. The monoisotopic (exact) mass is 367 g/mol. The van der Waals surface area contributed by atoms with Gasteiger partial charge in [0.05, 0.1) is 10.6 Å². The molecule has 10 heteroatoms. The van der Waals surface area contributed by atoms with Gasteiger partial charge in [0, 0.05) is 18.7 Å². The highest BCUT2D eigenvalue weighted by atomic mass is 32.2. The summed E-state index contributed by atoms with van der Waals surface area (Å²) >= 11 is 0. The molecular formula is C15H17N3O6S. The molecule has 2 amide bonds. The highest BCUT2D eigenvalue weighted by molar-refractivity contribution is 7.89. The molecule has 7 N–H and O–H groups in total. The Morgan fingerprint density at radius 2 is 1.60 bits per heavy atom. The Morgan fingerprint density at radius 1 is 1.04 bits per heavy atom. The maximum Gasteiger partial charge on any atom is 0.319 e. The summed E-state index contributed by atoms with van der Waals surface area (Å²) in [5.41, 5.74) is 0.899. The maximum absolute atomic E-state index is 11.8. The molecule has 0 aliphatic rings. The second-order valence-corrected chi connectivity index (χ2v) is 6.74. The lowest BCUT2D eigenvalue weighted by Gasteiger charge is -2.09. The lowest BCUT2D eigenvalue weighted by molar-refractivity contribution is 0.252. The molecule has 0 aliphatic carbocycles. The second-order valence-electron chi connectivity index (χ2n) is 5.18. The van der Waals surface area contributed by atoms with Crippen LogP contribution in [0.25, 0.3) is 0 Å². The molecule has 2 aromatic rings. The van der Waals surface area contributed by atoms with Crippen LogP contribution in [-0.4, -0.2) is 36.3 Å². The quantitative estimate of drug-likeness (QED) is 0.338. The fraction of sp³-hybridized carbons (Fsp3) is 0.133. The standard InChI is InChI=1S/C15H17N3O6S/c16-25(23,24)11-3-1-9(2-4-11)5-6-17-15(22)18-10-7-12(19)14(21)13(20)8-10/h1-4,7-8,19-21H,5-6H2,(H2,16,23,24)(H2,17,18,22). The van der Waals surface area contributed by atoms with Crippen LogP contribution in [-0.2, 0) is 16.4 Å². The Bertz CT molecular complexity index is 858. The Hall–Kier alpha value is -2.98. The van der Waals surface area contributed by atoms with Crippen molar-refractivity contribution in [3.8, 4) is 17.2 Å². The highest BCUT2D eigenvalue weighted by Gasteiger charge is 2.10. The molecule has 0 aromatic heterocycles. The van der Waals surface area contributed by atoms with Gasteiger partial charge in [-0.2, -0.15) is 0 Å². The number of hydrogen-bond acceptors (Lipinski definition) is 6. The molecule has 0 atom stereocenters. The molecule has 134 valence electrons. The van der Waals surface area contributed by atoms with E-state index in [1.54, 1.807) is 12.1 Å². The van der Waals surface area contributed by atoms with Crippen molar-refractivity contribution in [1.82, 2.24) is 5.32 Å². The van der Waals surface area contributed by atoms with Crippen molar-refractivity contribution in [1.29, 1.82) is 0 Å². The molecule has 25 heavy (non-hydrogen) atoms. The molecule has 2 aromatic carbocycles. The van der Waals surface area contributed by atoms with Crippen LogP contribution in [0, 0.1) is 0 Å². The fourth-order valence-corrected chi connectivity index (χ4v) is 2.53. The Labute approximate surface area is 143 Å². The minimum absolute atomic E-state index is 0.00824. The third-order valence-electron chi connectivity index (χ3n) is 3.28. The van der Waals surface area contributed by atoms with Crippen LogP contribution < -0.4 is 15.8 Å². The minimum atomic E-state index is -3.74. The summed E-state index contributed by atoms with van der Waals surface area (Å²) in [6.07, 6.45) is 0.449. The number of primary sulfonamides is 1. The van der Waals surface area contributed by atoms with Crippen LogP contribution in [0.2, 0.25) is 0 Å². The summed E-state index contributed by atoms with van der Waals surface area (Å²) in [5.74, 6) is -1.80. The van der Waals surface area contributed by atoms with E-state index in [2.05, 4.69) is 10.6 Å². The van der Waals surface area contributed by atoms with Crippen LogP contribution in [0.1, 0.15) is 5.56 Å². The maximum atomic E-state index is 11.8. The number of carbonyl (C=O) groups excluding carboxylic acids is 1. The smallest absolute Gasteiger partial charge is 0.319 e. The number of rotatable bonds is 5. The average molecular weight is 367 g/mol. The van der Waals surface area contributed by atoms with Crippen LogP contribution in [0.4, 0.5) is 10.5 Å². The van der Waals surface area contributed by atoms with Crippen LogP contribution in [0.5, 0.6) is 17.2 Å². The Morgan fingerprint density at radius 3 is 2.12 bits per heavy atom. The van der Waals surface area contributed by atoms with Gasteiger partial charge in [0.1, 0.15) is 0 Å². The van der Waals surface area contributed by atoms with E-state index in [-0.39, 0.29) is 17.1 Å². The SMILES string of the molecule is NS(=O)(=O)c1ccc(CCNC(=O)Nc2cc(O)c(O)c(O)c2)cc1. The van der Waals surface area contributed by atoms with Crippen molar-refractivity contribution in [3.63, 3.8) is 0 Å². The number of nitrogens with two attached hydrogens (primary N) is 1. The second kappa shape index (κ2) is 7.28. The molecule has 0 fully saturated rings. The number of amides is 2. The molecule has 0 bridgehead atoms. The predicted octanol–water partition coefficient (Wildman–Crippen LogP) is 0.815. The number of aromatic hydroxyl groups is 3. The summed E-state index contributed by atoms with van der Waals surface area (Å²) in [4.78, 5) is 11.8. The first-order valence-corrected chi connectivity index (χ1v) is 8.63. The Balaban J connectivity index is 1.86. The zero-order valence-corrected chi connectivity index (χ0v) is 13.7. The van der Waals surface area contributed by atoms with Gasteiger partial charge in [-0.1, -0.05) is 12.1 Å². The van der Waals surface area contributed by atoms with Gasteiger partial charge in [0.15, 0.2) is 17.2 Å². The van der Waals surface area contributed by atoms with E-state index in [0.717, 1.165) is 17.7 Å². The lowest BCUT2D eigenvalue weighted by atomic mass is 10.1. The van der Waals surface area contributed by atoms with Crippen molar-refractivity contribution in [2.24, 2.45) is 5.14 Å². The van der Waals surface area contributed by atoms with E-state index in [9.17, 15) is 28.5 Å². The number of anilines is 1. The van der Waals surface area contributed by atoms with Crippen molar-refractivity contribution in [3.05, 3.63) is 42.0 Å². The molecule has 0 heterocycles. The first-order valence-electron chi connectivity index (χ1n) is 7.08. The van der Waals surface area contributed by atoms with E-state index in [0.29, 0.717) is 6.42 Å². The number of phenolic OH excluding ortho intramolecular Hbond substituents is 3. The largest absolute Gasteiger partial charge is 0.504 e. The molecule has 0 unspecified atom stereocenters. The number of phenols is 3. The first kappa shape index (κ1) is 18.4. The summed E-state index contributed by atoms with van der Waals surface area (Å²) in [6, 6.07) is 7.54. The number of nitrogens with one attached hydrogen (secondary N) is 2. The molecule has 0 saturated heterocycles. The van der Waals surface area contributed by atoms with Gasteiger partial charge in [-0.25, -0.2) is 18.4 Å². The topological polar surface area (TPSA) is 162 Å². The minimum Gasteiger partial charge on any atom is -0.504 e. The van der Waals surface area contributed by atoms with Crippen LogP contribution in [0.15, 0.2) is 41.3 Å². The number of carbonyl (C=O) groups is 1. The Kier molecular flexibility index (Phi) is 5.35. The van der Waals surface area contributed by atoms with E-state index in [1.807, 2.05) is 0 Å². The number of urea groups is 1. The van der Waals surface area contributed by atoms with Gasteiger partial charge in [0.2, 0.25) is 10.0 Å². The van der Waals surface area contributed by atoms with Gasteiger partial charge in [-0.15, -0.1) is 0 Å². The molecule has 0 aliphatic heterocycles. The molecule has 0 saturated carbocycles. The fourth-order valence-electron chi connectivity index (χ4n) is 2.02. The first-order chi connectivity index (χ1) is 11.7. The van der Waals surface area contributed by atoms with Crippen molar-refractivity contribution in [2.45, 2.75) is 11.3 Å². The normalized spacial score (nSPS) is 11.1. The van der Waals surface area contributed by atoms with Crippen molar-refractivity contribution < 1.29 is 28.5 Å². The van der Waals surface area contributed by atoms with Gasteiger partial charge in [-0.3, -0.25) is 0 Å². The predicted molar refractivity (Wildman–Crippen MR) is 90.0 cm³/mol. The van der Waals surface area contributed by atoms with Crippen molar-refractivity contribution in [2.75, 3.05) is 11.9 Å². The van der Waals surface area contributed by atoms with E-state index < -0.39 is 33.3 Å². The molecule has 9 nitrogen and oxygen atoms in total. The van der Waals surface area contributed by atoms with E-state index in [4.69, 9.17) is 5.14 Å². The third kappa shape index (κ3) is 4.99. The highest BCUT2D eigenvalue weighted by Crippen LogP contribution is 2.37. The third-order valence-corrected chi connectivity index (χ3v) is 4.21. The van der Waals surface area contributed by atoms with Crippen molar-refractivity contribution >= 4 is 21.7 Å². The number of benzene rings is 2. The van der Waals surface area contributed by atoms with Crippen LogP contribution >= 0.6 is 0 Å². The average Bonchev–Trinajstić information content (AvgIpc) is 2.52. The zero-order valence-electron chi connectivity index (χ0n) is 12.9. The van der Waals surface area contributed by atoms with Gasteiger partial charge in [0.25, 0.3) is 0 Å². The summed E-state index contributed by atoms with van der Waals surface area (Å²) in [5, 5.41) is 37.9. The zero-order chi connectivity index (χ0) is 18.6. The lowest BCUT2D eigenvalue weighted by Crippen LogP contribution is -2.30. The molecule has 2 rings (SSSR count). The number of sulfonamides is 1. The van der Waals surface area contributed by atoms with E-state index >= 15 is 0 Å². The van der Waals surface area contributed by atoms with Gasteiger partial charge < -0.3 is 26.0 Å². The molecule has 0 radical (unpaired) electrons. The van der Waals surface area contributed by atoms with Crippen LogP contribution in [0.3, 0.4) is 0 Å². The van der Waals surface area contributed by atoms with E-state index in [1.165, 1.54) is 12.1 Å². The van der Waals surface area contributed by atoms with Gasteiger partial charge in [-0.05, 0) is 24.1 Å². The summed E-state index contributed by atoms with van der Waals surface area (Å²) in [6.45, 7) is 0.261. The summed E-state index contributed by atoms with van der Waals surface area (Å²) < 4.78 is 22.3. The number of hydrogen-bond donors (Lipinski definition) is 6. The molecular weight excluding hydrogens is 350 g/mol.